The normalized spacial score (nSPS) is 11.6. The smallest absolute Gasteiger partial charge is 0.212 e. The summed E-state index contributed by atoms with van der Waals surface area (Å²) in [6.07, 6.45) is 0. The van der Waals surface area contributed by atoms with E-state index in [2.05, 4.69) is 21.1 Å². The standard InChI is InChI=1S/C7H16NO2S/c1-7(9)11-10-6-5-8(2,3)4/h5-6H2,1-4H3/q+1. The Kier molecular flexibility index (Phi) is 4.72. The molecule has 0 spiro atoms. The number of rotatable bonds is 4. The highest BCUT2D eigenvalue weighted by molar-refractivity contribution is 8.09. The van der Waals surface area contributed by atoms with Crippen molar-refractivity contribution in [1.82, 2.24) is 0 Å². The Morgan fingerprint density at radius 2 is 2.00 bits per heavy atom. The second-order valence-electron chi connectivity index (χ2n) is 3.41. The fourth-order valence-electron chi connectivity index (χ4n) is 0.436. The van der Waals surface area contributed by atoms with Gasteiger partial charge in [-0.1, -0.05) is 0 Å². The average Bonchev–Trinajstić information content (AvgIpc) is 1.78. The molecule has 0 aromatic heterocycles. The maximum Gasteiger partial charge on any atom is 0.212 e. The maximum absolute atomic E-state index is 10.4. The first-order chi connectivity index (χ1) is 4.92. The minimum absolute atomic E-state index is 0.00593. The molecule has 0 amide bonds. The van der Waals surface area contributed by atoms with E-state index in [1.54, 1.807) is 0 Å². The summed E-state index contributed by atoms with van der Waals surface area (Å²) in [6, 6.07) is 0. The van der Waals surface area contributed by atoms with Gasteiger partial charge in [0.2, 0.25) is 5.12 Å². The summed E-state index contributed by atoms with van der Waals surface area (Å²) in [5.41, 5.74) is 0. The van der Waals surface area contributed by atoms with Gasteiger partial charge in [0, 0.05) is 6.92 Å². The van der Waals surface area contributed by atoms with Crippen molar-refractivity contribution in [2.45, 2.75) is 6.92 Å². The average molecular weight is 178 g/mol. The molecule has 0 unspecified atom stereocenters. The second-order valence-corrected chi connectivity index (χ2v) is 4.39. The third-order valence-electron chi connectivity index (χ3n) is 1.02. The molecule has 11 heavy (non-hydrogen) atoms. The van der Waals surface area contributed by atoms with Gasteiger partial charge >= 0.3 is 0 Å². The van der Waals surface area contributed by atoms with E-state index in [9.17, 15) is 4.79 Å². The van der Waals surface area contributed by atoms with Crippen LogP contribution in [0.2, 0.25) is 0 Å². The lowest BCUT2D eigenvalue weighted by molar-refractivity contribution is -0.870. The zero-order valence-corrected chi connectivity index (χ0v) is 8.40. The van der Waals surface area contributed by atoms with Gasteiger partial charge < -0.3 is 8.67 Å². The number of carbonyl (C=O) groups is 1. The van der Waals surface area contributed by atoms with Crippen LogP contribution in [0.1, 0.15) is 6.92 Å². The van der Waals surface area contributed by atoms with E-state index in [-0.39, 0.29) is 5.12 Å². The fraction of sp³-hybridized carbons (Fsp3) is 0.857. The highest BCUT2D eigenvalue weighted by Gasteiger charge is 2.06. The van der Waals surface area contributed by atoms with Gasteiger partial charge in [-0.2, -0.15) is 0 Å². The Hall–Kier alpha value is -0.0600. The van der Waals surface area contributed by atoms with Crippen LogP contribution in [-0.4, -0.2) is 43.9 Å². The van der Waals surface area contributed by atoms with Crippen LogP contribution < -0.4 is 0 Å². The molecule has 0 bridgehead atoms. The second kappa shape index (κ2) is 4.74. The van der Waals surface area contributed by atoms with E-state index in [0.29, 0.717) is 6.61 Å². The Bertz CT molecular complexity index is 131. The van der Waals surface area contributed by atoms with Gasteiger partial charge in [0.25, 0.3) is 0 Å². The Balaban J connectivity index is 3.22. The van der Waals surface area contributed by atoms with Gasteiger partial charge in [-0.05, 0) is 0 Å². The summed E-state index contributed by atoms with van der Waals surface area (Å²) in [5, 5.41) is 0.00593. The molecule has 0 saturated heterocycles. The van der Waals surface area contributed by atoms with Gasteiger partial charge in [0.15, 0.2) is 0 Å². The minimum atomic E-state index is 0.00593. The molecule has 0 fully saturated rings. The number of hydrogen-bond donors (Lipinski definition) is 0. The lowest BCUT2D eigenvalue weighted by atomic mass is 10.5. The van der Waals surface area contributed by atoms with Crippen molar-refractivity contribution in [3.8, 4) is 0 Å². The van der Waals surface area contributed by atoms with E-state index in [0.717, 1.165) is 23.1 Å². The highest BCUT2D eigenvalue weighted by atomic mass is 32.2. The molecule has 0 heterocycles. The first-order valence-electron chi connectivity index (χ1n) is 3.52. The van der Waals surface area contributed by atoms with Crippen molar-refractivity contribution in [3.05, 3.63) is 0 Å². The predicted octanol–water partition coefficient (Wildman–Crippen LogP) is 0.904. The van der Waals surface area contributed by atoms with Crippen molar-refractivity contribution in [2.75, 3.05) is 34.3 Å². The monoisotopic (exact) mass is 178 g/mol. The van der Waals surface area contributed by atoms with Gasteiger partial charge in [0.05, 0.1) is 33.2 Å². The molecule has 0 saturated carbocycles. The first-order valence-corrected chi connectivity index (χ1v) is 4.26. The van der Waals surface area contributed by atoms with Crippen LogP contribution in [0.25, 0.3) is 0 Å². The number of hydrogen-bond acceptors (Lipinski definition) is 3. The highest BCUT2D eigenvalue weighted by Crippen LogP contribution is 2.03. The molecule has 0 aliphatic heterocycles. The van der Waals surface area contributed by atoms with Crippen molar-refractivity contribution in [3.63, 3.8) is 0 Å². The molecule has 0 aromatic rings. The number of quaternary nitrogens is 1. The Labute approximate surface area is 72.5 Å². The van der Waals surface area contributed by atoms with Gasteiger partial charge in [0.1, 0.15) is 13.2 Å². The summed E-state index contributed by atoms with van der Waals surface area (Å²) in [4.78, 5) is 10.4. The third-order valence-corrected chi connectivity index (χ3v) is 1.54. The van der Waals surface area contributed by atoms with Crippen molar-refractivity contribution in [2.24, 2.45) is 0 Å². The van der Waals surface area contributed by atoms with E-state index in [1.807, 2.05) is 0 Å². The first kappa shape index (κ1) is 10.9. The molecule has 0 N–H and O–H groups in total. The summed E-state index contributed by atoms with van der Waals surface area (Å²) in [6.45, 7) is 3.03. The summed E-state index contributed by atoms with van der Waals surface area (Å²) >= 11 is 0.923. The molecule has 0 aliphatic carbocycles. The molecule has 0 atom stereocenters. The largest absolute Gasteiger partial charge is 0.329 e. The zero-order chi connectivity index (χ0) is 8.91. The van der Waals surface area contributed by atoms with E-state index >= 15 is 0 Å². The van der Waals surface area contributed by atoms with Crippen LogP contribution in [0.5, 0.6) is 0 Å². The molecule has 0 radical (unpaired) electrons. The lowest BCUT2D eigenvalue weighted by Crippen LogP contribution is -2.37. The van der Waals surface area contributed by atoms with Crippen molar-refractivity contribution < 1.29 is 13.5 Å². The van der Waals surface area contributed by atoms with Crippen LogP contribution in [0.4, 0.5) is 0 Å². The van der Waals surface area contributed by atoms with Crippen molar-refractivity contribution in [1.29, 1.82) is 0 Å². The Morgan fingerprint density at radius 1 is 1.45 bits per heavy atom. The van der Waals surface area contributed by atoms with E-state index in [1.165, 1.54) is 6.92 Å². The maximum atomic E-state index is 10.4. The molecule has 0 rings (SSSR count). The molecular weight excluding hydrogens is 162 g/mol. The van der Waals surface area contributed by atoms with Crippen LogP contribution >= 0.6 is 12.0 Å². The minimum Gasteiger partial charge on any atom is -0.329 e. The lowest BCUT2D eigenvalue weighted by Gasteiger charge is -2.22. The summed E-state index contributed by atoms with van der Waals surface area (Å²) < 4.78 is 5.88. The van der Waals surface area contributed by atoms with Gasteiger partial charge in [-0.15, -0.1) is 0 Å². The van der Waals surface area contributed by atoms with E-state index < -0.39 is 0 Å². The van der Waals surface area contributed by atoms with Gasteiger partial charge in [-0.25, -0.2) is 0 Å². The van der Waals surface area contributed by atoms with Crippen molar-refractivity contribution >= 4 is 17.2 Å². The molecule has 0 aromatic carbocycles. The molecular formula is C7H16NO2S+. The molecule has 66 valence electrons. The number of likely N-dealkylation sites (N-methyl/N-ethyl adjacent to an activating group) is 1. The van der Waals surface area contributed by atoms with Gasteiger partial charge in [-0.3, -0.25) is 4.79 Å². The predicted molar refractivity (Wildman–Crippen MR) is 47.1 cm³/mol. The summed E-state index contributed by atoms with van der Waals surface area (Å²) in [7, 11) is 6.26. The van der Waals surface area contributed by atoms with Crippen LogP contribution in [-0.2, 0) is 8.98 Å². The van der Waals surface area contributed by atoms with Crippen LogP contribution in [0, 0.1) is 0 Å². The van der Waals surface area contributed by atoms with Crippen LogP contribution in [0.15, 0.2) is 0 Å². The molecule has 0 aliphatic rings. The zero-order valence-electron chi connectivity index (χ0n) is 7.59. The Morgan fingerprint density at radius 3 is 2.36 bits per heavy atom. The molecule has 3 nitrogen and oxygen atoms in total. The number of nitrogens with zero attached hydrogens (tertiary/aromatic N) is 1. The summed E-state index contributed by atoms with van der Waals surface area (Å²) in [5.74, 6) is 0. The molecule has 4 heteroatoms. The van der Waals surface area contributed by atoms with E-state index in [4.69, 9.17) is 4.18 Å². The SMILES string of the molecule is CC(=O)SOCC[N+](C)(C)C. The quantitative estimate of drug-likeness (QED) is 0.363. The fourth-order valence-corrected chi connectivity index (χ4v) is 0.760. The number of carbonyl (C=O) groups excluding carboxylic acids is 1. The topological polar surface area (TPSA) is 26.3 Å². The third kappa shape index (κ3) is 9.94. The van der Waals surface area contributed by atoms with Crippen LogP contribution in [0.3, 0.4) is 0 Å².